The summed E-state index contributed by atoms with van der Waals surface area (Å²) in [6.07, 6.45) is 8.15. The Morgan fingerprint density at radius 2 is 1.70 bits per heavy atom. The van der Waals surface area contributed by atoms with Gasteiger partial charge in [0, 0.05) is 43.8 Å². The molecule has 1 aromatic carbocycles. The number of likely N-dealkylation sites (tertiary alicyclic amines) is 1. The number of anilines is 3. The van der Waals surface area contributed by atoms with Crippen LogP contribution in [0.15, 0.2) is 42.7 Å². The molecular formula is C22H28N4O. The molecule has 5 nitrogen and oxygen atoms in total. The predicted octanol–water partition coefficient (Wildman–Crippen LogP) is 4.30. The Morgan fingerprint density at radius 3 is 2.41 bits per heavy atom. The fourth-order valence-electron chi connectivity index (χ4n) is 3.92. The molecule has 1 amide bonds. The molecule has 2 saturated heterocycles. The second kappa shape index (κ2) is 7.99. The lowest BCUT2D eigenvalue weighted by Crippen LogP contribution is -2.32. The van der Waals surface area contributed by atoms with Gasteiger partial charge in [0.25, 0.3) is 5.91 Å². The summed E-state index contributed by atoms with van der Waals surface area (Å²) in [6, 6.07) is 10.4. The first-order valence-corrected chi connectivity index (χ1v) is 10.1. The fraction of sp³-hybridized carbons (Fsp3) is 0.455. The van der Waals surface area contributed by atoms with Crippen molar-refractivity contribution in [3.63, 3.8) is 0 Å². The second-order valence-electron chi connectivity index (χ2n) is 7.80. The third-order valence-electron chi connectivity index (χ3n) is 5.68. The molecule has 2 aliphatic heterocycles. The van der Waals surface area contributed by atoms with Crippen LogP contribution in [0, 0.1) is 5.92 Å². The van der Waals surface area contributed by atoms with Crippen molar-refractivity contribution in [2.45, 2.75) is 32.6 Å². The van der Waals surface area contributed by atoms with Crippen LogP contribution < -0.4 is 10.2 Å². The number of hydrogen-bond donors (Lipinski definition) is 1. The lowest BCUT2D eigenvalue weighted by Gasteiger charge is -2.32. The van der Waals surface area contributed by atoms with E-state index in [1.165, 1.54) is 18.5 Å². The van der Waals surface area contributed by atoms with Crippen LogP contribution in [0.4, 0.5) is 17.1 Å². The monoisotopic (exact) mass is 364 g/mol. The third kappa shape index (κ3) is 4.24. The van der Waals surface area contributed by atoms with Gasteiger partial charge in [-0.1, -0.05) is 6.92 Å². The summed E-state index contributed by atoms with van der Waals surface area (Å²) in [6.45, 7) is 6.32. The minimum atomic E-state index is 0.0818. The van der Waals surface area contributed by atoms with E-state index in [9.17, 15) is 4.79 Å². The van der Waals surface area contributed by atoms with E-state index in [0.29, 0.717) is 5.56 Å². The molecule has 4 rings (SSSR count). The van der Waals surface area contributed by atoms with Gasteiger partial charge < -0.3 is 15.1 Å². The summed E-state index contributed by atoms with van der Waals surface area (Å²) >= 11 is 0. The van der Waals surface area contributed by atoms with Crippen molar-refractivity contribution in [2.24, 2.45) is 5.92 Å². The average molecular weight is 364 g/mol. The molecule has 2 fully saturated rings. The molecule has 0 saturated carbocycles. The smallest absolute Gasteiger partial charge is 0.255 e. The zero-order valence-corrected chi connectivity index (χ0v) is 16.0. The number of carbonyl (C=O) groups excluding carboxylic acids is 1. The summed E-state index contributed by atoms with van der Waals surface area (Å²) in [5.74, 6) is 0.920. The number of carbonyl (C=O) groups is 1. The van der Waals surface area contributed by atoms with Crippen molar-refractivity contribution in [1.29, 1.82) is 0 Å². The lowest BCUT2D eigenvalue weighted by atomic mass is 9.99. The third-order valence-corrected chi connectivity index (χ3v) is 5.68. The average Bonchev–Trinajstić information content (AvgIpc) is 3.24. The SMILES string of the molecule is CC1CCN(c2ccc(Nc3cncc(C(=O)N4CCCC4)c3)cc2)CC1. The van der Waals surface area contributed by atoms with Crippen LogP contribution in [-0.2, 0) is 0 Å². The second-order valence-corrected chi connectivity index (χ2v) is 7.80. The van der Waals surface area contributed by atoms with Crippen LogP contribution in [0.2, 0.25) is 0 Å². The quantitative estimate of drug-likeness (QED) is 0.879. The van der Waals surface area contributed by atoms with Gasteiger partial charge >= 0.3 is 0 Å². The van der Waals surface area contributed by atoms with Gasteiger partial charge in [-0.3, -0.25) is 9.78 Å². The molecule has 5 heteroatoms. The molecule has 0 unspecified atom stereocenters. The summed E-state index contributed by atoms with van der Waals surface area (Å²) < 4.78 is 0. The lowest BCUT2D eigenvalue weighted by molar-refractivity contribution is 0.0792. The number of benzene rings is 1. The van der Waals surface area contributed by atoms with Gasteiger partial charge in [-0.15, -0.1) is 0 Å². The largest absolute Gasteiger partial charge is 0.372 e. The number of nitrogens with zero attached hydrogens (tertiary/aromatic N) is 3. The fourth-order valence-corrected chi connectivity index (χ4v) is 3.92. The minimum absolute atomic E-state index is 0.0818. The van der Waals surface area contributed by atoms with Crippen LogP contribution in [0.1, 0.15) is 43.0 Å². The van der Waals surface area contributed by atoms with E-state index >= 15 is 0 Å². The number of piperidine rings is 1. The molecule has 0 bridgehead atoms. The molecule has 0 aliphatic carbocycles. The van der Waals surface area contributed by atoms with E-state index in [0.717, 1.165) is 56.3 Å². The molecule has 0 radical (unpaired) electrons. The standard InChI is InChI=1S/C22H28N4O/c1-17-8-12-25(13-9-17)21-6-4-19(5-7-21)24-20-14-18(15-23-16-20)22(27)26-10-2-3-11-26/h4-7,14-17,24H,2-3,8-13H2,1H3. The van der Waals surface area contributed by atoms with Crippen molar-refractivity contribution < 1.29 is 4.79 Å². The Kier molecular flexibility index (Phi) is 5.28. The van der Waals surface area contributed by atoms with Crippen molar-refractivity contribution in [3.8, 4) is 0 Å². The highest BCUT2D eigenvalue weighted by Crippen LogP contribution is 2.25. The molecule has 1 aromatic heterocycles. The Morgan fingerprint density at radius 1 is 1.00 bits per heavy atom. The first kappa shape index (κ1) is 17.8. The molecule has 2 aliphatic rings. The van der Waals surface area contributed by atoms with Crippen LogP contribution in [0.3, 0.4) is 0 Å². The maximum atomic E-state index is 12.5. The number of nitrogens with one attached hydrogen (secondary N) is 1. The molecule has 1 N–H and O–H groups in total. The van der Waals surface area contributed by atoms with Crippen molar-refractivity contribution in [2.75, 3.05) is 36.4 Å². The van der Waals surface area contributed by atoms with Crippen LogP contribution >= 0.6 is 0 Å². The Balaban J connectivity index is 1.41. The maximum absolute atomic E-state index is 12.5. The number of rotatable bonds is 4. The highest BCUT2D eigenvalue weighted by Gasteiger charge is 2.20. The number of aromatic nitrogens is 1. The highest BCUT2D eigenvalue weighted by atomic mass is 16.2. The Hall–Kier alpha value is -2.56. The van der Waals surface area contributed by atoms with E-state index in [1.807, 2.05) is 11.0 Å². The molecule has 0 atom stereocenters. The number of amides is 1. The molecule has 27 heavy (non-hydrogen) atoms. The zero-order chi connectivity index (χ0) is 18.6. The van der Waals surface area contributed by atoms with E-state index in [-0.39, 0.29) is 5.91 Å². The van der Waals surface area contributed by atoms with E-state index < -0.39 is 0 Å². The number of pyridine rings is 1. The molecule has 0 spiro atoms. The molecule has 2 aromatic rings. The van der Waals surface area contributed by atoms with Gasteiger partial charge in [-0.25, -0.2) is 0 Å². The van der Waals surface area contributed by atoms with Crippen molar-refractivity contribution in [1.82, 2.24) is 9.88 Å². The Labute approximate surface area is 161 Å². The van der Waals surface area contributed by atoms with Gasteiger partial charge in [0.05, 0.1) is 17.4 Å². The van der Waals surface area contributed by atoms with Crippen molar-refractivity contribution >= 4 is 23.0 Å². The van der Waals surface area contributed by atoms with Gasteiger partial charge in [-0.2, -0.15) is 0 Å². The zero-order valence-electron chi connectivity index (χ0n) is 16.0. The normalized spacial score (nSPS) is 18.0. The maximum Gasteiger partial charge on any atom is 0.255 e. The van der Waals surface area contributed by atoms with Crippen molar-refractivity contribution in [3.05, 3.63) is 48.3 Å². The summed E-state index contributed by atoms with van der Waals surface area (Å²) in [5, 5.41) is 3.38. The van der Waals surface area contributed by atoms with E-state index in [1.54, 1.807) is 12.4 Å². The van der Waals surface area contributed by atoms with Crippen LogP contribution in [-0.4, -0.2) is 42.0 Å². The summed E-state index contributed by atoms with van der Waals surface area (Å²) in [5.41, 5.74) is 3.79. The minimum Gasteiger partial charge on any atom is -0.372 e. The number of hydrogen-bond acceptors (Lipinski definition) is 4. The first-order valence-electron chi connectivity index (χ1n) is 10.1. The Bertz CT molecular complexity index is 775. The van der Waals surface area contributed by atoms with Gasteiger partial charge in [0.2, 0.25) is 0 Å². The molecule has 142 valence electrons. The topological polar surface area (TPSA) is 48.5 Å². The molecule has 3 heterocycles. The van der Waals surface area contributed by atoms with Crippen LogP contribution in [0.25, 0.3) is 0 Å². The highest BCUT2D eigenvalue weighted by molar-refractivity contribution is 5.95. The first-order chi connectivity index (χ1) is 13.2. The van der Waals surface area contributed by atoms with Crippen LogP contribution in [0.5, 0.6) is 0 Å². The van der Waals surface area contributed by atoms with E-state index in [2.05, 4.69) is 46.4 Å². The molecular weight excluding hydrogens is 336 g/mol. The van der Waals surface area contributed by atoms with Gasteiger partial charge in [0.15, 0.2) is 0 Å². The van der Waals surface area contributed by atoms with Gasteiger partial charge in [-0.05, 0) is 61.9 Å². The summed E-state index contributed by atoms with van der Waals surface area (Å²) in [7, 11) is 0. The van der Waals surface area contributed by atoms with Gasteiger partial charge in [0.1, 0.15) is 0 Å². The predicted molar refractivity (Wildman–Crippen MR) is 110 cm³/mol. The summed E-state index contributed by atoms with van der Waals surface area (Å²) in [4.78, 5) is 21.2. The van der Waals surface area contributed by atoms with E-state index in [4.69, 9.17) is 0 Å².